The summed E-state index contributed by atoms with van der Waals surface area (Å²) in [5.41, 5.74) is 3.33. The number of hydrogen-bond donors (Lipinski definition) is 2. The molecule has 6 nitrogen and oxygen atoms in total. The van der Waals surface area contributed by atoms with Crippen LogP contribution in [-0.4, -0.2) is 32.1 Å². The fraction of sp³-hybridized carbons (Fsp3) is 0.176. The quantitative estimate of drug-likeness (QED) is 0.747. The van der Waals surface area contributed by atoms with Crippen molar-refractivity contribution in [2.75, 3.05) is 0 Å². The van der Waals surface area contributed by atoms with Crippen molar-refractivity contribution in [1.82, 2.24) is 20.3 Å². The van der Waals surface area contributed by atoms with E-state index in [1.54, 1.807) is 18.3 Å². The van der Waals surface area contributed by atoms with Crippen LogP contribution in [0.1, 0.15) is 27.7 Å². The summed E-state index contributed by atoms with van der Waals surface area (Å²) < 4.78 is 0. The zero-order valence-corrected chi connectivity index (χ0v) is 12.2. The molecule has 0 spiro atoms. The first-order valence-electron chi connectivity index (χ1n) is 7.37. The molecule has 0 saturated heterocycles. The summed E-state index contributed by atoms with van der Waals surface area (Å²) in [4.78, 5) is 24.9. The number of fused-ring (bicyclic) bond motifs is 2. The van der Waals surface area contributed by atoms with E-state index in [-0.39, 0.29) is 11.6 Å². The van der Waals surface area contributed by atoms with Gasteiger partial charge < -0.3 is 10.4 Å². The van der Waals surface area contributed by atoms with Gasteiger partial charge in [0.1, 0.15) is 11.2 Å². The first kappa shape index (κ1) is 13.8. The van der Waals surface area contributed by atoms with Crippen molar-refractivity contribution in [3.63, 3.8) is 0 Å². The Morgan fingerprint density at radius 3 is 2.87 bits per heavy atom. The van der Waals surface area contributed by atoms with Crippen LogP contribution in [0.2, 0.25) is 0 Å². The highest BCUT2D eigenvalue weighted by Gasteiger charge is 2.32. The number of aliphatic hydroxyl groups is 1. The normalized spacial score (nSPS) is 19.5. The summed E-state index contributed by atoms with van der Waals surface area (Å²) in [5.74, 6) is -0.335. The zero-order valence-electron chi connectivity index (χ0n) is 12.2. The molecule has 2 N–H and O–H groups in total. The fourth-order valence-electron chi connectivity index (χ4n) is 2.94. The lowest BCUT2D eigenvalue weighted by molar-refractivity contribution is 0.0853. The molecule has 1 aliphatic carbocycles. The Balaban J connectivity index is 1.62. The summed E-state index contributed by atoms with van der Waals surface area (Å²) in [6, 6.07) is 10.6. The minimum Gasteiger partial charge on any atom is -0.390 e. The molecule has 0 fully saturated rings. The highest BCUT2D eigenvalue weighted by atomic mass is 16.3. The van der Waals surface area contributed by atoms with Gasteiger partial charge in [-0.15, -0.1) is 0 Å². The number of amides is 1. The van der Waals surface area contributed by atoms with E-state index in [4.69, 9.17) is 0 Å². The lowest BCUT2D eigenvalue weighted by Gasteiger charge is -2.17. The molecule has 6 heteroatoms. The number of pyridine rings is 1. The van der Waals surface area contributed by atoms with E-state index in [0.717, 1.165) is 11.1 Å². The van der Waals surface area contributed by atoms with E-state index in [2.05, 4.69) is 20.3 Å². The Kier molecular flexibility index (Phi) is 3.24. The molecule has 0 bridgehead atoms. The highest BCUT2D eigenvalue weighted by Crippen LogP contribution is 2.31. The predicted octanol–water partition coefficient (Wildman–Crippen LogP) is 1.41. The third-order valence-electron chi connectivity index (χ3n) is 4.05. The fourth-order valence-corrected chi connectivity index (χ4v) is 2.94. The average molecular weight is 306 g/mol. The lowest BCUT2D eigenvalue weighted by atomic mass is 10.1. The van der Waals surface area contributed by atoms with E-state index in [0.29, 0.717) is 17.6 Å². The van der Waals surface area contributed by atoms with Gasteiger partial charge in [0.05, 0.1) is 12.1 Å². The van der Waals surface area contributed by atoms with Gasteiger partial charge in [-0.05, 0) is 23.3 Å². The van der Waals surface area contributed by atoms with Gasteiger partial charge in [0.15, 0.2) is 5.65 Å². The van der Waals surface area contributed by atoms with Gasteiger partial charge >= 0.3 is 0 Å². The Morgan fingerprint density at radius 1 is 1.13 bits per heavy atom. The van der Waals surface area contributed by atoms with Crippen LogP contribution in [0.25, 0.3) is 11.2 Å². The summed E-state index contributed by atoms with van der Waals surface area (Å²) in [7, 11) is 0. The summed E-state index contributed by atoms with van der Waals surface area (Å²) >= 11 is 0. The van der Waals surface area contributed by atoms with E-state index in [1.807, 2.05) is 24.3 Å². The minimum atomic E-state index is -0.628. The molecule has 4 rings (SSSR count). The second-order valence-corrected chi connectivity index (χ2v) is 5.52. The molecule has 114 valence electrons. The zero-order chi connectivity index (χ0) is 15.8. The Hall–Kier alpha value is -2.86. The molecule has 1 amide bonds. The number of benzene rings is 1. The molecule has 0 saturated carbocycles. The van der Waals surface area contributed by atoms with Crippen molar-refractivity contribution < 1.29 is 9.90 Å². The van der Waals surface area contributed by atoms with Gasteiger partial charge in [-0.3, -0.25) is 9.78 Å². The molecule has 2 aromatic heterocycles. The Labute approximate surface area is 132 Å². The number of hydrogen-bond acceptors (Lipinski definition) is 5. The van der Waals surface area contributed by atoms with Crippen LogP contribution in [0.4, 0.5) is 0 Å². The molecule has 2 heterocycles. The Bertz CT molecular complexity index is 896. The molecule has 0 unspecified atom stereocenters. The van der Waals surface area contributed by atoms with Crippen molar-refractivity contribution in [3.05, 3.63) is 65.6 Å². The number of rotatable bonds is 2. The minimum absolute atomic E-state index is 0.259. The van der Waals surface area contributed by atoms with Crippen LogP contribution in [0.5, 0.6) is 0 Å². The van der Waals surface area contributed by atoms with Crippen molar-refractivity contribution in [1.29, 1.82) is 0 Å². The van der Waals surface area contributed by atoms with Crippen LogP contribution >= 0.6 is 0 Å². The molecular formula is C17H14N4O2. The molecule has 2 atom stereocenters. The van der Waals surface area contributed by atoms with Crippen LogP contribution in [-0.2, 0) is 6.42 Å². The second-order valence-electron chi connectivity index (χ2n) is 5.52. The molecule has 1 aliphatic rings. The van der Waals surface area contributed by atoms with Gasteiger partial charge in [0.25, 0.3) is 5.91 Å². The van der Waals surface area contributed by atoms with Crippen LogP contribution in [0, 0.1) is 0 Å². The van der Waals surface area contributed by atoms with Gasteiger partial charge in [0, 0.05) is 18.8 Å². The Morgan fingerprint density at radius 2 is 1.96 bits per heavy atom. The number of aliphatic hydroxyl groups excluding tert-OH is 1. The largest absolute Gasteiger partial charge is 0.390 e. The molecular weight excluding hydrogens is 292 g/mol. The van der Waals surface area contributed by atoms with Gasteiger partial charge in [-0.1, -0.05) is 24.3 Å². The van der Waals surface area contributed by atoms with E-state index >= 15 is 0 Å². The van der Waals surface area contributed by atoms with Crippen molar-refractivity contribution in [2.24, 2.45) is 0 Å². The predicted molar refractivity (Wildman–Crippen MR) is 83.7 cm³/mol. The average Bonchev–Trinajstić information content (AvgIpc) is 2.90. The number of nitrogens with zero attached hydrogens (tertiary/aromatic N) is 3. The summed E-state index contributed by atoms with van der Waals surface area (Å²) in [5, 5.41) is 13.1. The summed E-state index contributed by atoms with van der Waals surface area (Å²) in [6.07, 6.45) is 3.03. The molecule has 0 aliphatic heterocycles. The van der Waals surface area contributed by atoms with Gasteiger partial charge in [0.2, 0.25) is 0 Å². The first-order chi connectivity index (χ1) is 11.2. The van der Waals surface area contributed by atoms with Crippen LogP contribution in [0.15, 0.2) is 48.8 Å². The maximum Gasteiger partial charge on any atom is 0.270 e. The van der Waals surface area contributed by atoms with Crippen molar-refractivity contribution in [2.45, 2.75) is 18.6 Å². The van der Waals surface area contributed by atoms with Crippen LogP contribution in [0.3, 0.4) is 0 Å². The number of aromatic nitrogens is 3. The maximum absolute atomic E-state index is 12.5. The number of carbonyl (C=O) groups is 1. The standard InChI is InChI=1S/C17H14N4O2/c22-14-9-10-3-1-2-4-11(10)15(14)21-17(23)13-6-5-12-16(20-13)19-8-7-18-12/h1-8,14-15,22H,9H2,(H,21,23)/t14-,15+/m0/s1. The second kappa shape index (κ2) is 5.40. The SMILES string of the molecule is O=C(N[C@@H]1c2ccccc2C[C@@H]1O)c1ccc2nccnc2n1. The van der Waals surface area contributed by atoms with Gasteiger partial charge in [-0.2, -0.15) is 0 Å². The maximum atomic E-state index is 12.5. The third-order valence-corrected chi connectivity index (χ3v) is 4.05. The molecule has 23 heavy (non-hydrogen) atoms. The third kappa shape index (κ3) is 2.43. The van der Waals surface area contributed by atoms with Gasteiger partial charge in [-0.25, -0.2) is 9.97 Å². The molecule has 3 aromatic rings. The molecule has 1 aromatic carbocycles. The van der Waals surface area contributed by atoms with Crippen molar-refractivity contribution in [3.8, 4) is 0 Å². The van der Waals surface area contributed by atoms with Crippen LogP contribution < -0.4 is 5.32 Å². The monoisotopic (exact) mass is 306 g/mol. The highest BCUT2D eigenvalue weighted by molar-refractivity contribution is 5.94. The first-order valence-corrected chi connectivity index (χ1v) is 7.37. The topological polar surface area (TPSA) is 88.0 Å². The van der Waals surface area contributed by atoms with E-state index in [1.165, 1.54) is 6.20 Å². The number of nitrogens with one attached hydrogen (secondary N) is 1. The lowest BCUT2D eigenvalue weighted by Crippen LogP contribution is -2.34. The smallest absolute Gasteiger partial charge is 0.270 e. The van der Waals surface area contributed by atoms with Crippen molar-refractivity contribution >= 4 is 17.1 Å². The van der Waals surface area contributed by atoms with E-state index < -0.39 is 12.1 Å². The number of carbonyl (C=O) groups excluding carboxylic acids is 1. The molecule has 0 radical (unpaired) electrons. The van der Waals surface area contributed by atoms with E-state index in [9.17, 15) is 9.90 Å². The summed E-state index contributed by atoms with van der Waals surface area (Å²) in [6.45, 7) is 0.